The van der Waals surface area contributed by atoms with E-state index in [1.165, 1.54) is 18.3 Å². The number of hydrogen-bond donors (Lipinski definition) is 1. The van der Waals surface area contributed by atoms with Crippen LogP contribution in [-0.4, -0.2) is 21.7 Å². The molecule has 0 fully saturated rings. The van der Waals surface area contributed by atoms with E-state index in [1.54, 1.807) is 36.4 Å². The number of hydrogen-bond acceptors (Lipinski definition) is 4. The van der Waals surface area contributed by atoms with Gasteiger partial charge < -0.3 is 0 Å². The van der Waals surface area contributed by atoms with Crippen molar-refractivity contribution in [3.63, 3.8) is 0 Å². The van der Waals surface area contributed by atoms with Crippen LogP contribution in [0.15, 0.2) is 54.7 Å². The van der Waals surface area contributed by atoms with Gasteiger partial charge in [-0.25, -0.2) is 14.4 Å². The summed E-state index contributed by atoms with van der Waals surface area (Å²) in [5, 5.41) is 2.94. The van der Waals surface area contributed by atoms with Crippen LogP contribution >= 0.6 is 11.6 Å². The van der Waals surface area contributed by atoms with Crippen molar-refractivity contribution >= 4 is 29.2 Å². The zero-order valence-corrected chi connectivity index (χ0v) is 15.4. The van der Waals surface area contributed by atoms with Crippen LogP contribution in [0.5, 0.6) is 0 Å². The minimum absolute atomic E-state index is 0.0699. The van der Waals surface area contributed by atoms with Crippen molar-refractivity contribution in [1.29, 1.82) is 0 Å². The number of Topliss-reactive ketones (excluding diaryl/α,β-unsaturated/α-hetero) is 1. The second-order valence-corrected chi connectivity index (χ2v) is 6.98. The summed E-state index contributed by atoms with van der Waals surface area (Å²) in [6.45, 7) is 0. The quantitative estimate of drug-likeness (QED) is 0.711. The molecule has 1 heterocycles. The number of rotatable bonds is 3. The average Bonchev–Trinajstić information content (AvgIpc) is 2.68. The van der Waals surface area contributed by atoms with Gasteiger partial charge in [-0.05, 0) is 42.2 Å². The molecule has 1 aliphatic rings. The molecular formula is C21H15ClFN3O2. The van der Waals surface area contributed by atoms with Crippen LogP contribution in [0, 0.1) is 5.82 Å². The Morgan fingerprint density at radius 2 is 1.86 bits per heavy atom. The summed E-state index contributed by atoms with van der Waals surface area (Å²) < 4.78 is 13.2. The van der Waals surface area contributed by atoms with Gasteiger partial charge in [-0.1, -0.05) is 35.9 Å². The zero-order chi connectivity index (χ0) is 19.7. The maximum atomic E-state index is 13.2. The lowest BCUT2D eigenvalue weighted by Gasteiger charge is -2.23. The maximum absolute atomic E-state index is 13.2. The third kappa shape index (κ3) is 3.64. The van der Waals surface area contributed by atoms with Crippen LogP contribution in [-0.2, 0) is 6.42 Å². The molecule has 7 heteroatoms. The number of nitrogens with zero attached hydrogens (tertiary/aromatic N) is 2. The molecule has 3 aromatic rings. The van der Waals surface area contributed by atoms with Crippen molar-refractivity contribution < 1.29 is 14.0 Å². The van der Waals surface area contributed by atoms with E-state index in [0.717, 1.165) is 5.56 Å². The smallest absolute Gasteiger partial charge is 0.259 e. The van der Waals surface area contributed by atoms with Gasteiger partial charge in [0.05, 0.1) is 21.8 Å². The van der Waals surface area contributed by atoms with Gasteiger partial charge in [0.25, 0.3) is 5.91 Å². The molecule has 1 unspecified atom stereocenters. The Bertz CT molecular complexity index is 1070. The second-order valence-electron chi connectivity index (χ2n) is 6.57. The Kier molecular flexibility index (Phi) is 4.88. The number of amides is 1. The summed E-state index contributed by atoms with van der Waals surface area (Å²) in [4.78, 5) is 33.3. The molecule has 28 heavy (non-hydrogen) atoms. The van der Waals surface area contributed by atoms with E-state index in [4.69, 9.17) is 11.6 Å². The zero-order valence-electron chi connectivity index (χ0n) is 14.7. The Morgan fingerprint density at radius 3 is 2.61 bits per heavy atom. The lowest BCUT2D eigenvalue weighted by atomic mass is 9.82. The first-order valence-electron chi connectivity index (χ1n) is 8.71. The molecule has 1 N–H and O–H groups in total. The van der Waals surface area contributed by atoms with Crippen LogP contribution in [0.2, 0.25) is 5.02 Å². The summed E-state index contributed by atoms with van der Waals surface area (Å²) >= 11 is 6.04. The van der Waals surface area contributed by atoms with E-state index in [9.17, 15) is 14.0 Å². The van der Waals surface area contributed by atoms with Gasteiger partial charge in [-0.15, -0.1) is 0 Å². The van der Waals surface area contributed by atoms with Crippen molar-refractivity contribution in [2.24, 2.45) is 0 Å². The van der Waals surface area contributed by atoms with Gasteiger partial charge in [-0.2, -0.15) is 0 Å². The summed E-state index contributed by atoms with van der Waals surface area (Å²) in [5.41, 5.74) is 2.20. The highest BCUT2D eigenvalue weighted by Gasteiger charge is 2.28. The van der Waals surface area contributed by atoms with Gasteiger partial charge in [-0.3, -0.25) is 14.9 Å². The van der Waals surface area contributed by atoms with Crippen molar-refractivity contribution in [2.45, 2.75) is 18.8 Å². The first-order valence-corrected chi connectivity index (χ1v) is 9.09. The lowest BCUT2D eigenvalue weighted by Crippen LogP contribution is -2.22. The Balaban J connectivity index is 1.58. The van der Waals surface area contributed by atoms with Crippen LogP contribution in [0.25, 0.3) is 0 Å². The third-order valence-corrected chi connectivity index (χ3v) is 5.05. The average molecular weight is 396 g/mol. The predicted octanol–water partition coefficient (Wildman–Crippen LogP) is 4.43. The monoisotopic (exact) mass is 395 g/mol. The van der Waals surface area contributed by atoms with Crippen LogP contribution in [0.3, 0.4) is 0 Å². The molecule has 2 aromatic carbocycles. The fraction of sp³-hybridized carbons (Fsp3) is 0.143. The number of nitrogens with one attached hydrogen (secondary N) is 1. The Hall–Kier alpha value is -3.12. The van der Waals surface area contributed by atoms with E-state index in [2.05, 4.69) is 15.3 Å². The number of anilines is 1. The van der Waals surface area contributed by atoms with Gasteiger partial charge in [0.15, 0.2) is 5.78 Å². The van der Waals surface area contributed by atoms with E-state index < -0.39 is 5.91 Å². The fourth-order valence-corrected chi connectivity index (χ4v) is 3.51. The largest absolute Gasteiger partial charge is 0.294 e. The molecule has 0 spiro atoms. The predicted molar refractivity (Wildman–Crippen MR) is 103 cm³/mol. The SMILES string of the molecule is O=C(Nc1ncc2c(n1)CC(c1ccc(F)cc1)CC2=O)c1ccccc1Cl. The Morgan fingerprint density at radius 1 is 1.11 bits per heavy atom. The fourth-order valence-electron chi connectivity index (χ4n) is 3.29. The molecule has 0 saturated heterocycles. The summed E-state index contributed by atoms with van der Waals surface area (Å²) in [5.74, 6) is -0.806. The normalized spacial score (nSPS) is 15.8. The topological polar surface area (TPSA) is 72.0 Å². The number of carbonyl (C=O) groups excluding carboxylic acids is 2. The van der Waals surface area contributed by atoms with Gasteiger partial charge in [0.1, 0.15) is 5.82 Å². The minimum Gasteiger partial charge on any atom is -0.294 e. The molecule has 0 saturated carbocycles. The second kappa shape index (κ2) is 7.48. The first kappa shape index (κ1) is 18.3. The number of halogens is 2. The number of fused-ring (bicyclic) bond motifs is 1. The molecule has 5 nitrogen and oxygen atoms in total. The molecule has 1 atom stereocenters. The third-order valence-electron chi connectivity index (χ3n) is 4.72. The maximum Gasteiger partial charge on any atom is 0.259 e. The summed E-state index contributed by atoms with van der Waals surface area (Å²) in [6, 6.07) is 12.8. The molecule has 1 aromatic heterocycles. The molecular weight excluding hydrogens is 381 g/mol. The van der Waals surface area contributed by atoms with Crippen LogP contribution in [0.1, 0.15) is 44.3 Å². The highest BCUT2D eigenvalue weighted by atomic mass is 35.5. The summed E-state index contributed by atoms with van der Waals surface area (Å²) in [7, 11) is 0. The van der Waals surface area contributed by atoms with Gasteiger partial charge >= 0.3 is 0 Å². The van der Waals surface area contributed by atoms with E-state index in [0.29, 0.717) is 34.7 Å². The highest BCUT2D eigenvalue weighted by molar-refractivity contribution is 6.34. The van der Waals surface area contributed by atoms with E-state index in [1.807, 2.05) is 0 Å². The van der Waals surface area contributed by atoms with Crippen molar-refractivity contribution in [2.75, 3.05) is 5.32 Å². The molecule has 1 aliphatic carbocycles. The van der Waals surface area contributed by atoms with Crippen molar-refractivity contribution in [1.82, 2.24) is 9.97 Å². The standard InChI is InChI=1S/C21H15ClFN3O2/c22-17-4-2-1-3-15(17)20(28)26-21-24-11-16-18(25-21)9-13(10-19(16)27)12-5-7-14(23)8-6-12/h1-8,11,13H,9-10H2,(H,24,25,26,28). The molecule has 0 radical (unpaired) electrons. The van der Waals surface area contributed by atoms with Crippen LogP contribution in [0.4, 0.5) is 10.3 Å². The highest BCUT2D eigenvalue weighted by Crippen LogP contribution is 2.32. The Labute approximate surface area is 165 Å². The van der Waals surface area contributed by atoms with Crippen molar-refractivity contribution in [3.8, 4) is 0 Å². The lowest BCUT2D eigenvalue weighted by molar-refractivity contribution is 0.0962. The number of ketones is 1. The van der Waals surface area contributed by atoms with Gasteiger partial charge in [0, 0.05) is 12.6 Å². The van der Waals surface area contributed by atoms with Crippen LogP contribution < -0.4 is 5.32 Å². The number of benzene rings is 2. The van der Waals surface area contributed by atoms with E-state index >= 15 is 0 Å². The molecule has 140 valence electrons. The number of carbonyl (C=O) groups is 2. The summed E-state index contributed by atoms with van der Waals surface area (Å²) in [6.07, 6.45) is 2.26. The first-order chi connectivity index (χ1) is 13.5. The molecule has 1 amide bonds. The van der Waals surface area contributed by atoms with Gasteiger partial charge in [0.2, 0.25) is 5.95 Å². The number of aromatic nitrogens is 2. The van der Waals surface area contributed by atoms with E-state index in [-0.39, 0.29) is 23.5 Å². The minimum atomic E-state index is -0.428. The molecule has 0 bridgehead atoms. The van der Waals surface area contributed by atoms with Crippen molar-refractivity contribution in [3.05, 3.63) is 88.0 Å². The molecule has 4 rings (SSSR count). The molecule has 0 aliphatic heterocycles.